The molecule has 3 nitrogen and oxygen atoms in total. The minimum absolute atomic E-state index is 0.280. The lowest BCUT2D eigenvalue weighted by Gasteiger charge is -2.31. The number of halogens is 3. The smallest absolute Gasteiger partial charge is 0.257 e. The van der Waals surface area contributed by atoms with E-state index in [1.165, 1.54) is 6.42 Å². The number of para-hydroxylation sites is 1. The van der Waals surface area contributed by atoms with Crippen LogP contribution in [0.2, 0.25) is 15.1 Å². The molecule has 1 amide bonds. The van der Waals surface area contributed by atoms with Crippen molar-refractivity contribution in [3.05, 3.63) is 57.0 Å². The van der Waals surface area contributed by atoms with E-state index in [9.17, 15) is 4.79 Å². The molecule has 1 saturated heterocycles. The molecule has 0 atom stereocenters. The van der Waals surface area contributed by atoms with Gasteiger partial charge in [0.25, 0.3) is 5.91 Å². The fourth-order valence-corrected chi connectivity index (χ4v) is 3.71. The van der Waals surface area contributed by atoms with Gasteiger partial charge in [-0.3, -0.25) is 4.79 Å². The summed E-state index contributed by atoms with van der Waals surface area (Å²) in [5.74, 6) is -0.280. The van der Waals surface area contributed by atoms with Gasteiger partial charge in [-0.25, -0.2) is 0 Å². The Hall–Kier alpha value is -1.42. The average Bonchev–Trinajstić information content (AvgIpc) is 2.55. The van der Waals surface area contributed by atoms with E-state index in [4.69, 9.17) is 34.8 Å². The van der Waals surface area contributed by atoms with E-state index in [0.717, 1.165) is 31.6 Å². The third-order valence-electron chi connectivity index (χ3n) is 4.08. The van der Waals surface area contributed by atoms with Gasteiger partial charge in [-0.15, -0.1) is 0 Å². The standard InChI is InChI=1S/C18H17Cl3N2O/c19-12-7-8-13(15(21)11-12)18(24)22-16-6-4-5-14(20)17(16)23-9-2-1-3-10-23/h4-8,11H,1-3,9-10H2,(H,22,24). The summed E-state index contributed by atoms with van der Waals surface area (Å²) >= 11 is 18.4. The van der Waals surface area contributed by atoms with Crippen LogP contribution in [-0.2, 0) is 0 Å². The van der Waals surface area contributed by atoms with Crippen LogP contribution in [0.3, 0.4) is 0 Å². The van der Waals surface area contributed by atoms with Crippen LogP contribution in [0.4, 0.5) is 11.4 Å². The Morgan fingerprint density at radius 2 is 1.71 bits per heavy atom. The summed E-state index contributed by atoms with van der Waals surface area (Å²) in [6, 6.07) is 10.3. The molecule has 0 unspecified atom stereocenters. The Labute approximate surface area is 156 Å². The van der Waals surface area contributed by atoms with Crippen molar-refractivity contribution in [2.75, 3.05) is 23.3 Å². The van der Waals surface area contributed by atoms with Gasteiger partial charge in [0.05, 0.1) is 27.0 Å². The first-order valence-corrected chi connectivity index (χ1v) is 8.99. The van der Waals surface area contributed by atoms with Crippen LogP contribution in [0.25, 0.3) is 0 Å². The van der Waals surface area contributed by atoms with Gasteiger partial charge >= 0.3 is 0 Å². The number of anilines is 2. The molecule has 126 valence electrons. The predicted octanol–water partition coefficient (Wildman–Crippen LogP) is 5.89. The molecule has 0 aromatic heterocycles. The van der Waals surface area contributed by atoms with Crippen LogP contribution in [-0.4, -0.2) is 19.0 Å². The zero-order chi connectivity index (χ0) is 17.1. The molecule has 0 bridgehead atoms. The number of hydrogen-bond donors (Lipinski definition) is 1. The second-order valence-electron chi connectivity index (χ2n) is 5.76. The van der Waals surface area contributed by atoms with Crippen molar-refractivity contribution in [2.45, 2.75) is 19.3 Å². The predicted molar refractivity (Wildman–Crippen MR) is 102 cm³/mol. The number of amides is 1. The third-order valence-corrected chi connectivity index (χ3v) is 4.94. The van der Waals surface area contributed by atoms with Gasteiger partial charge in [0, 0.05) is 18.1 Å². The number of carbonyl (C=O) groups excluding carboxylic acids is 1. The summed E-state index contributed by atoms with van der Waals surface area (Å²) < 4.78 is 0. The quantitative estimate of drug-likeness (QED) is 0.716. The molecular formula is C18H17Cl3N2O. The number of nitrogens with zero attached hydrogens (tertiary/aromatic N) is 1. The first-order valence-electron chi connectivity index (χ1n) is 7.86. The van der Waals surface area contributed by atoms with Crippen molar-refractivity contribution >= 4 is 52.1 Å². The van der Waals surface area contributed by atoms with Gasteiger partial charge in [0.1, 0.15) is 0 Å². The lowest BCUT2D eigenvalue weighted by atomic mass is 10.1. The molecular weight excluding hydrogens is 367 g/mol. The zero-order valence-corrected chi connectivity index (χ0v) is 15.3. The van der Waals surface area contributed by atoms with E-state index in [1.54, 1.807) is 18.2 Å². The molecule has 0 aliphatic carbocycles. The number of piperidine rings is 1. The molecule has 0 radical (unpaired) electrons. The SMILES string of the molecule is O=C(Nc1cccc(Cl)c1N1CCCCC1)c1ccc(Cl)cc1Cl. The monoisotopic (exact) mass is 382 g/mol. The van der Waals surface area contributed by atoms with Crippen molar-refractivity contribution in [3.63, 3.8) is 0 Å². The van der Waals surface area contributed by atoms with E-state index < -0.39 is 0 Å². The van der Waals surface area contributed by atoms with E-state index in [1.807, 2.05) is 18.2 Å². The van der Waals surface area contributed by atoms with Crippen molar-refractivity contribution < 1.29 is 4.79 Å². The number of rotatable bonds is 3. The third kappa shape index (κ3) is 3.80. The maximum absolute atomic E-state index is 12.6. The zero-order valence-electron chi connectivity index (χ0n) is 13.0. The van der Waals surface area contributed by atoms with Crippen molar-refractivity contribution in [1.29, 1.82) is 0 Å². The molecule has 1 N–H and O–H groups in total. The highest BCUT2D eigenvalue weighted by Crippen LogP contribution is 2.36. The molecule has 3 rings (SSSR count). The van der Waals surface area contributed by atoms with E-state index in [-0.39, 0.29) is 5.91 Å². The summed E-state index contributed by atoms with van der Waals surface area (Å²) in [7, 11) is 0. The normalized spacial score (nSPS) is 14.5. The van der Waals surface area contributed by atoms with E-state index in [2.05, 4.69) is 10.2 Å². The Morgan fingerprint density at radius 1 is 0.958 bits per heavy atom. The van der Waals surface area contributed by atoms with Crippen LogP contribution in [0.5, 0.6) is 0 Å². The Bertz CT molecular complexity index is 758. The van der Waals surface area contributed by atoms with Crippen LogP contribution in [0.15, 0.2) is 36.4 Å². The summed E-state index contributed by atoms with van der Waals surface area (Å²) in [6.45, 7) is 1.88. The second-order valence-corrected chi connectivity index (χ2v) is 7.01. The van der Waals surface area contributed by atoms with E-state index in [0.29, 0.717) is 26.3 Å². The van der Waals surface area contributed by atoms with Crippen LogP contribution < -0.4 is 10.2 Å². The Kier molecular flexibility index (Phi) is 5.54. The number of benzene rings is 2. The highest BCUT2D eigenvalue weighted by atomic mass is 35.5. The number of nitrogens with one attached hydrogen (secondary N) is 1. The van der Waals surface area contributed by atoms with Crippen LogP contribution >= 0.6 is 34.8 Å². The van der Waals surface area contributed by atoms with Gasteiger partial charge in [0.2, 0.25) is 0 Å². The van der Waals surface area contributed by atoms with Gasteiger partial charge < -0.3 is 10.2 Å². The van der Waals surface area contributed by atoms with Gasteiger partial charge in [0.15, 0.2) is 0 Å². The number of carbonyl (C=O) groups is 1. The molecule has 2 aromatic carbocycles. The molecule has 0 spiro atoms. The molecule has 1 heterocycles. The Balaban J connectivity index is 1.89. The summed E-state index contributed by atoms with van der Waals surface area (Å²) in [5.41, 5.74) is 1.95. The van der Waals surface area contributed by atoms with Gasteiger partial charge in [-0.05, 0) is 49.6 Å². The minimum Gasteiger partial charge on any atom is -0.369 e. The lowest BCUT2D eigenvalue weighted by molar-refractivity contribution is 0.102. The van der Waals surface area contributed by atoms with Crippen molar-refractivity contribution in [3.8, 4) is 0 Å². The molecule has 1 aliphatic rings. The maximum Gasteiger partial charge on any atom is 0.257 e. The first kappa shape index (κ1) is 17.4. The number of hydrogen-bond acceptors (Lipinski definition) is 2. The molecule has 1 fully saturated rings. The van der Waals surface area contributed by atoms with Gasteiger partial charge in [-0.2, -0.15) is 0 Å². The second kappa shape index (κ2) is 7.64. The molecule has 0 saturated carbocycles. The fourth-order valence-electron chi connectivity index (χ4n) is 2.92. The maximum atomic E-state index is 12.6. The highest BCUT2D eigenvalue weighted by molar-refractivity contribution is 6.37. The Morgan fingerprint density at radius 3 is 2.42 bits per heavy atom. The topological polar surface area (TPSA) is 32.3 Å². The highest BCUT2D eigenvalue weighted by Gasteiger charge is 2.20. The average molecular weight is 384 g/mol. The van der Waals surface area contributed by atoms with E-state index >= 15 is 0 Å². The summed E-state index contributed by atoms with van der Waals surface area (Å²) in [5, 5.41) is 4.38. The van der Waals surface area contributed by atoms with Crippen LogP contribution in [0, 0.1) is 0 Å². The van der Waals surface area contributed by atoms with Crippen molar-refractivity contribution in [2.24, 2.45) is 0 Å². The summed E-state index contributed by atoms with van der Waals surface area (Å²) in [6.07, 6.45) is 3.48. The van der Waals surface area contributed by atoms with Gasteiger partial charge in [-0.1, -0.05) is 40.9 Å². The molecule has 2 aromatic rings. The summed E-state index contributed by atoms with van der Waals surface area (Å²) in [4.78, 5) is 14.8. The fraction of sp³-hybridized carbons (Fsp3) is 0.278. The minimum atomic E-state index is -0.280. The van der Waals surface area contributed by atoms with Crippen molar-refractivity contribution in [1.82, 2.24) is 0 Å². The largest absolute Gasteiger partial charge is 0.369 e. The lowest BCUT2D eigenvalue weighted by Crippen LogP contribution is -2.30. The van der Waals surface area contributed by atoms with Crippen LogP contribution in [0.1, 0.15) is 29.6 Å². The molecule has 1 aliphatic heterocycles. The first-order chi connectivity index (χ1) is 11.6. The molecule has 24 heavy (non-hydrogen) atoms. The molecule has 6 heteroatoms.